The molecule has 0 aliphatic rings. The lowest BCUT2D eigenvalue weighted by atomic mass is 10.1. The quantitative estimate of drug-likeness (QED) is 0.666. The van der Waals surface area contributed by atoms with E-state index in [2.05, 4.69) is 11.9 Å². The summed E-state index contributed by atoms with van der Waals surface area (Å²) < 4.78 is 18.3. The van der Waals surface area contributed by atoms with Gasteiger partial charge in [-0.2, -0.15) is 0 Å². The van der Waals surface area contributed by atoms with Crippen LogP contribution in [0.4, 0.5) is 4.39 Å². The number of ether oxygens (including phenoxy) is 1. The van der Waals surface area contributed by atoms with Gasteiger partial charge in [-0.3, -0.25) is 0 Å². The molecule has 0 saturated carbocycles. The van der Waals surface area contributed by atoms with Crippen molar-refractivity contribution in [2.45, 2.75) is 39.0 Å². The first kappa shape index (κ1) is 13.3. The topological polar surface area (TPSA) is 21.3 Å². The Balaban J connectivity index is 4.52. The fourth-order valence-electron chi connectivity index (χ4n) is 1.18. The minimum Gasteiger partial charge on any atom is -0.369 e. The fraction of sp³-hybridized carbons (Fsp3) is 0.636. The van der Waals surface area contributed by atoms with Gasteiger partial charge in [-0.25, -0.2) is 4.39 Å². The minimum absolute atomic E-state index is 0.0615. The monoisotopic (exact) mass is 201 g/mol. The molecule has 0 fully saturated rings. The Kier molecular flexibility index (Phi) is 6.41. The van der Waals surface area contributed by atoms with E-state index in [0.29, 0.717) is 0 Å². The van der Waals surface area contributed by atoms with Gasteiger partial charge in [0.15, 0.2) is 0 Å². The molecule has 0 amide bonds. The summed E-state index contributed by atoms with van der Waals surface area (Å²) in [7, 11) is 1.80. The first-order chi connectivity index (χ1) is 6.51. The van der Waals surface area contributed by atoms with Crippen LogP contribution in [-0.2, 0) is 4.74 Å². The normalized spacial score (nSPS) is 16.9. The van der Waals surface area contributed by atoms with E-state index in [1.165, 1.54) is 13.0 Å². The highest BCUT2D eigenvalue weighted by molar-refractivity contribution is 5.04. The van der Waals surface area contributed by atoms with Gasteiger partial charge in [0.2, 0.25) is 0 Å². The van der Waals surface area contributed by atoms with Gasteiger partial charge < -0.3 is 10.1 Å². The third kappa shape index (κ3) is 5.14. The molecule has 0 aromatic rings. The lowest BCUT2D eigenvalue weighted by Crippen LogP contribution is -2.38. The van der Waals surface area contributed by atoms with Gasteiger partial charge >= 0.3 is 0 Å². The Morgan fingerprint density at radius 2 is 2.07 bits per heavy atom. The van der Waals surface area contributed by atoms with Crippen molar-refractivity contribution in [3.05, 3.63) is 24.6 Å². The van der Waals surface area contributed by atoms with Crippen molar-refractivity contribution in [3.8, 4) is 0 Å². The highest BCUT2D eigenvalue weighted by Gasteiger charge is 2.17. The molecule has 0 heterocycles. The van der Waals surface area contributed by atoms with Crippen molar-refractivity contribution >= 4 is 0 Å². The van der Waals surface area contributed by atoms with Crippen LogP contribution in [0.5, 0.6) is 0 Å². The number of likely N-dealkylation sites (N-methyl/N-ethyl adjacent to an activating group) is 1. The molecular formula is C11H20FNO. The Hall–Kier alpha value is -0.670. The van der Waals surface area contributed by atoms with Crippen LogP contribution in [0, 0.1) is 0 Å². The van der Waals surface area contributed by atoms with Gasteiger partial charge in [0.1, 0.15) is 0 Å². The summed E-state index contributed by atoms with van der Waals surface area (Å²) in [5.41, 5.74) is 0. The molecule has 0 rings (SSSR count). The van der Waals surface area contributed by atoms with Crippen LogP contribution < -0.4 is 5.32 Å². The van der Waals surface area contributed by atoms with Gasteiger partial charge in [0.05, 0.1) is 24.1 Å². The standard InChI is InChI=1S/C11H20FNO/c1-6-10(13-5)11(7-9(4)12)14-8(2)3/h6-8,10-11,13H,1H2,2-5H3/b9-7+. The van der Waals surface area contributed by atoms with Crippen LogP contribution in [0.3, 0.4) is 0 Å². The maximum atomic E-state index is 12.8. The van der Waals surface area contributed by atoms with Crippen molar-refractivity contribution in [1.82, 2.24) is 5.32 Å². The van der Waals surface area contributed by atoms with Crippen LogP contribution in [0.1, 0.15) is 20.8 Å². The third-order valence-corrected chi connectivity index (χ3v) is 1.76. The van der Waals surface area contributed by atoms with E-state index in [0.717, 1.165) is 0 Å². The zero-order chi connectivity index (χ0) is 11.1. The van der Waals surface area contributed by atoms with E-state index >= 15 is 0 Å². The van der Waals surface area contributed by atoms with Gasteiger partial charge in [-0.15, -0.1) is 6.58 Å². The summed E-state index contributed by atoms with van der Waals surface area (Å²) in [5.74, 6) is -0.238. The first-order valence-electron chi connectivity index (χ1n) is 4.80. The maximum Gasteiger partial charge on any atom is 0.0975 e. The molecule has 2 unspecified atom stereocenters. The second-order valence-electron chi connectivity index (χ2n) is 3.45. The molecule has 0 aromatic carbocycles. The van der Waals surface area contributed by atoms with E-state index in [1.54, 1.807) is 13.1 Å². The van der Waals surface area contributed by atoms with Gasteiger partial charge in [-0.05, 0) is 33.9 Å². The molecule has 0 aliphatic carbocycles. The Bertz CT molecular complexity index is 197. The second kappa shape index (κ2) is 6.74. The highest BCUT2D eigenvalue weighted by atomic mass is 19.1. The van der Waals surface area contributed by atoms with Crippen molar-refractivity contribution in [1.29, 1.82) is 0 Å². The molecule has 82 valence electrons. The SMILES string of the molecule is C=CC(NC)C(/C=C(\C)F)OC(C)C. The Morgan fingerprint density at radius 3 is 2.36 bits per heavy atom. The van der Waals surface area contributed by atoms with Crippen LogP contribution in [0.2, 0.25) is 0 Å². The lowest BCUT2D eigenvalue weighted by Gasteiger charge is -2.23. The van der Waals surface area contributed by atoms with Gasteiger partial charge in [0.25, 0.3) is 0 Å². The molecule has 0 aliphatic heterocycles. The summed E-state index contributed by atoms with van der Waals surface area (Å²) >= 11 is 0. The van der Waals surface area contributed by atoms with Crippen LogP contribution in [0.15, 0.2) is 24.6 Å². The Morgan fingerprint density at radius 1 is 1.50 bits per heavy atom. The second-order valence-corrected chi connectivity index (χ2v) is 3.45. The van der Waals surface area contributed by atoms with E-state index < -0.39 is 0 Å². The summed E-state index contributed by atoms with van der Waals surface area (Å²) in [4.78, 5) is 0. The van der Waals surface area contributed by atoms with Crippen LogP contribution in [0.25, 0.3) is 0 Å². The number of nitrogens with one attached hydrogen (secondary N) is 1. The molecule has 1 N–H and O–H groups in total. The number of hydrogen-bond acceptors (Lipinski definition) is 2. The molecule has 0 spiro atoms. The van der Waals surface area contributed by atoms with E-state index in [-0.39, 0.29) is 24.1 Å². The van der Waals surface area contributed by atoms with Crippen molar-refractivity contribution in [3.63, 3.8) is 0 Å². The van der Waals surface area contributed by atoms with E-state index in [9.17, 15) is 4.39 Å². The van der Waals surface area contributed by atoms with Crippen molar-refractivity contribution in [2.24, 2.45) is 0 Å². The number of halogens is 1. The van der Waals surface area contributed by atoms with Crippen molar-refractivity contribution < 1.29 is 9.13 Å². The summed E-state index contributed by atoms with van der Waals surface area (Å²) in [5, 5.41) is 3.01. The first-order valence-corrected chi connectivity index (χ1v) is 4.80. The molecule has 2 nitrogen and oxygen atoms in total. The summed E-state index contributed by atoms with van der Waals surface area (Å²) in [6.45, 7) is 8.92. The number of allylic oxidation sites excluding steroid dienone is 1. The fourth-order valence-corrected chi connectivity index (χ4v) is 1.18. The average Bonchev–Trinajstić information content (AvgIpc) is 2.03. The molecule has 2 atom stereocenters. The maximum absolute atomic E-state index is 12.8. The largest absolute Gasteiger partial charge is 0.369 e. The smallest absolute Gasteiger partial charge is 0.0975 e. The lowest BCUT2D eigenvalue weighted by molar-refractivity contribution is 0.0232. The van der Waals surface area contributed by atoms with Crippen LogP contribution >= 0.6 is 0 Å². The molecule has 0 radical (unpaired) electrons. The molecule has 0 aromatic heterocycles. The molecule has 14 heavy (non-hydrogen) atoms. The molecule has 3 heteroatoms. The number of hydrogen-bond donors (Lipinski definition) is 1. The number of rotatable bonds is 6. The predicted octanol–water partition coefficient (Wildman–Crippen LogP) is 2.43. The average molecular weight is 201 g/mol. The highest BCUT2D eigenvalue weighted by Crippen LogP contribution is 2.09. The molecular weight excluding hydrogens is 181 g/mol. The zero-order valence-electron chi connectivity index (χ0n) is 9.38. The predicted molar refractivity (Wildman–Crippen MR) is 57.9 cm³/mol. The van der Waals surface area contributed by atoms with Crippen molar-refractivity contribution in [2.75, 3.05) is 7.05 Å². The zero-order valence-corrected chi connectivity index (χ0v) is 9.38. The van der Waals surface area contributed by atoms with E-state index in [4.69, 9.17) is 4.74 Å². The minimum atomic E-state index is -0.303. The summed E-state index contributed by atoms with van der Waals surface area (Å²) in [6.07, 6.45) is 2.93. The van der Waals surface area contributed by atoms with Gasteiger partial charge in [0, 0.05) is 0 Å². The third-order valence-electron chi connectivity index (χ3n) is 1.76. The Labute approximate surface area is 85.8 Å². The molecule has 0 saturated heterocycles. The summed E-state index contributed by atoms with van der Waals surface area (Å²) in [6, 6.07) is -0.0666. The van der Waals surface area contributed by atoms with Crippen LogP contribution in [-0.4, -0.2) is 25.3 Å². The van der Waals surface area contributed by atoms with E-state index in [1.807, 2.05) is 13.8 Å². The van der Waals surface area contributed by atoms with Gasteiger partial charge in [-0.1, -0.05) is 6.08 Å². The molecule has 0 bridgehead atoms.